The van der Waals surface area contributed by atoms with Crippen molar-refractivity contribution in [1.29, 1.82) is 5.26 Å². The second kappa shape index (κ2) is 5.98. The van der Waals surface area contributed by atoms with Crippen LogP contribution >= 0.6 is 33.9 Å². The van der Waals surface area contributed by atoms with E-state index < -0.39 is 0 Å². The van der Waals surface area contributed by atoms with Gasteiger partial charge >= 0.3 is 0 Å². The first-order chi connectivity index (χ1) is 8.70. The molecule has 0 spiro atoms. The highest BCUT2D eigenvalue weighted by molar-refractivity contribution is 14.1. The van der Waals surface area contributed by atoms with Crippen molar-refractivity contribution >= 4 is 40.0 Å². The predicted molar refractivity (Wildman–Crippen MR) is 81.7 cm³/mol. The highest BCUT2D eigenvalue weighted by Crippen LogP contribution is 2.18. The molecule has 0 saturated carbocycles. The van der Waals surface area contributed by atoms with Crippen molar-refractivity contribution in [3.05, 3.63) is 60.2 Å². The van der Waals surface area contributed by atoms with Gasteiger partial charge in [-0.15, -0.1) is 11.3 Å². The predicted octanol–water partition coefficient (Wildman–Crippen LogP) is 3.26. The maximum absolute atomic E-state index is 11.7. The number of hydrogen-bond acceptors (Lipinski definition) is 3. The lowest BCUT2D eigenvalue weighted by Crippen LogP contribution is -2.21. The van der Waals surface area contributed by atoms with Gasteiger partial charge in [0.05, 0.1) is 6.54 Å². The molecule has 0 aliphatic carbocycles. The Morgan fingerprint density at radius 3 is 2.94 bits per heavy atom. The monoisotopic (exact) mass is 368 g/mol. The molecule has 5 heteroatoms. The quantitative estimate of drug-likeness (QED) is 0.781. The maximum atomic E-state index is 11.7. The van der Waals surface area contributed by atoms with Gasteiger partial charge in [0.1, 0.15) is 11.8 Å². The second-order valence-corrected chi connectivity index (χ2v) is 5.92. The first-order valence-electron chi connectivity index (χ1n) is 5.20. The van der Waals surface area contributed by atoms with Crippen LogP contribution in [0.15, 0.2) is 44.1 Å². The third-order valence-electron chi connectivity index (χ3n) is 2.32. The normalized spacial score (nSPS) is 11.2. The summed E-state index contributed by atoms with van der Waals surface area (Å²) < 4.78 is 2.49. The molecule has 0 aromatic carbocycles. The Hall–Kier alpha value is -1.39. The number of allylic oxidation sites excluding steroid dienone is 1. The molecule has 0 bridgehead atoms. The first kappa shape index (κ1) is 13.1. The lowest BCUT2D eigenvalue weighted by atomic mass is 10.3. The van der Waals surface area contributed by atoms with Gasteiger partial charge in [-0.1, -0.05) is 12.1 Å². The summed E-state index contributed by atoms with van der Waals surface area (Å²) in [5, 5.41) is 11.0. The third kappa shape index (κ3) is 3.09. The summed E-state index contributed by atoms with van der Waals surface area (Å²) in [4.78, 5) is 12.9. The third-order valence-corrected chi connectivity index (χ3v) is 3.79. The molecule has 0 radical (unpaired) electrons. The van der Waals surface area contributed by atoms with Crippen molar-refractivity contribution in [2.24, 2.45) is 0 Å². The molecule has 0 saturated heterocycles. The van der Waals surface area contributed by atoms with Crippen LogP contribution in [-0.2, 0) is 6.54 Å². The van der Waals surface area contributed by atoms with Gasteiger partial charge in [-0.3, -0.25) is 9.36 Å². The molecule has 0 unspecified atom stereocenters. The molecule has 2 aromatic rings. The Balaban J connectivity index is 2.30. The Morgan fingerprint density at radius 2 is 2.28 bits per heavy atom. The highest BCUT2D eigenvalue weighted by Gasteiger charge is 2.04. The summed E-state index contributed by atoms with van der Waals surface area (Å²) in [6, 6.07) is 10.8. The van der Waals surface area contributed by atoms with Crippen molar-refractivity contribution < 1.29 is 0 Å². The van der Waals surface area contributed by atoms with Gasteiger partial charge in [0, 0.05) is 14.5 Å². The zero-order chi connectivity index (χ0) is 13.0. The summed E-state index contributed by atoms with van der Waals surface area (Å²) in [6.07, 6.45) is 2.02. The number of pyridine rings is 1. The summed E-state index contributed by atoms with van der Waals surface area (Å²) in [7, 11) is 0. The number of nitrogens with zero attached hydrogens (tertiary/aromatic N) is 2. The van der Waals surface area contributed by atoms with E-state index >= 15 is 0 Å². The Labute approximate surface area is 122 Å². The van der Waals surface area contributed by atoms with E-state index in [0.29, 0.717) is 12.2 Å². The fraction of sp³-hybridized carbons (Fsp3) is 0.0769. The smallest absolute Gasteiger partial charge is 0.251 e. The van der Waals surface area contributed by atoms with Crippen LogP contribution in [0.25, 0.3) is 6.08 Å². The van der Waals surface area contributed by atoms with E-state index in [1.54, 1.807) is 23.5 Å². The Morgan fingerprint density at radius 1 is 1.44 bits per heavy atom. The van der Waals surface area contributed by atoms with Crippen LogP contribution in [0.3, 0.4) is 0 Å². The van der Waals surface area contributed by atoms with Gasteiger partial charge in [0.15, 0.2) is 0 Å². The average molecular weight is 368 g/mol. The van der Waals surface area contributed by atoms with Gasteiger partial charge in [-0.05, 0) is 46.2 Å². The van der Waals surface area contributed by atoms with Crippen LogP contribution in [0, 0.1) is 11.3 Å². The van der Waals surface area contributed by atoms with E-state index in [-0.39, 0.29) is 5.56 Å². The van der Waals surface area contributed by atoms with Crippen molar-refractivity contribution in [3.63, 3.8) is 0 Å². The molecule has 2 heterocycles. The number of aromatic nitrogens is 1. The van der Waals surface area contributed by atoms with E-state index in [1.165, 1.54) is 10.6 Å². The number of rotatable bonds is 3. The molecule has 2 aromatic heterocycles. The van der Waals surface area contributed by atoms with Gasteiger partial charge in [0.2, 0.25) is 0 Å². The topological polar surface area (TPSA) is 45.8 Å². The summed E-state index contributed by atoms with van der Waals surface area (Å²) in [6.45, 7) is 0.432. The second-order valence-electron chi connectivity index (χ2n) is 3.55. The minimum Gasteiger partial charge on any atom is -0.295 e. The van der Waals surface area contributed by atoms with Crippen molar-refractivity contribution in [3.8, 4) is 6.07 Å². The lowest BCUT2D eigenvalue weighted by molar-refractivity contribution is 0.764. The number of halogens is 1. The largest absolute Gasteiger partial charge is 0.295 e. The summed E-state index contributed by atoms with van der Waals surface area (Å²) >= 11 is 3.84. The number of hydrogen-bond donors (Lipinski definition) is 0. The highest BCUT2D eigenvalue weighted by atomic mass is 127. The summed E-state index contributed by atoms with van der Waals surface area (Å²) in [5.41, 5.74) is 0.235. The Kier molecular flexibility index (Phi) is 4.33. The molecule has 0 fully saturated rings. The van der Waals surface area contributed by atoms with E-state index in [0.717, 1.165) is 8.46 Å². The zero-order valence-electron chi connectivity index (χ0n) is 9.34. The van der Waals surface area contributed by atoms with E-state index in [1.807, 2.05) is 29.7 Å². The average Bonchev–Trinajstić information content (AvgIpc) is 2.84. The first-order valence-corrected chi connectivity index (χ1v) is 7.16. The van der Waals surface area contributed by atoms with E-state index in [9.17, 15) is 4.79 Å². The fourth-order valence-corrected chi connectivity index (χ4v) is 3.08. The van der Waals surface area contributed by atoms with Crippen LogP contribution in [0.2, 0.25) is 0 Å². The molecule has 90 valence electrons. The Bertz CT molecular complexity index is 665. The van der Waals surface area contributed by atoms with Crippen LogP contribution < -0.4 is 5.56 Å². The van der Waals surface area contributed by atoms with Crippen molar-refractivity contribution in [1.82, 2.24) is 4.57 Å². The fourth-order valence-electron chi connectivity index (χ4n) is 1.51. The molecule has 18 heavy (non-hydrogen) atoms. The molecule has 2 rings (SSSR count). The van der Waals surface area contributed by atoms with E-state index in [4.69, 9.17) is 5.26 Å². The van der Waals surface area contributed by atoms with Crippen molar-refractivity contribution in [2.75, 3.05) is 0 Å². The molecular weight excluding hydrogens is 359 g/mol. The van der Waals surface area contributed by atoms with E-state index in [2.05, 4.69) is 22.6 Å². The van der Waals surface area contributed by atoms with Gasteiger partial charge in [-0.2, -0.15) is 5.26 Å². The number of nitriles is 1. The standard InChI is InChI=1S/C13H9IN2OS/c14-10(7-12-4-2-6-18-12)9-16-11(8-15)3-1-5-13(16)17/h1-7H,9H2/b10-7-. The van der Waals surface area contributed by atoms with Crippen LogP contribution in [0.4, 0.5) is 0 Å². The molecular formula is C13H9IN2OS. The number of thiophene rings is 1. The molecule has 0 N–H and O–H groups in total. The molecule has 0 aliphatic rings. The minimum atomic E-state index is -0.150. The van der Waals surface area contributed by atoms with Gasteiger partial charge in [-0.25, -0.2) is 0 Å². The molecule has 0 amide bonds. The van der Waals surface area contributed by atoms with Gasteiger partial charge in [0.25, 0.3) is 5.56 Å². The van der Waals surface area contributed by atoms with Crippen molar-refractivity contribution in [2.45, 2.75) is 6.54 Å². The molecule has 0 aliphatic heterocycles. The molecule has 3 nitrogen and oxygen atoms in total. The van der Waals surface area contributed by atoms with Crippen LogP contribution in [0.5, 0.6) is 0 Å². The van der Waals surface area contributed by atoms with Gasteiger partial charge < -0.3 is 0 Å². The molecule has 0 atom stereocenters. The lowest BCUT2D eigenvalue weighted by Gasteiger charge is -2.06. The minimum absolute atomic E-state index is 0.150. The van der Waals surface area contributed by atoms with Crippen LogP contribution in [0.1, 0.15) is 10.6 Å². The maximum Gasteiger partial charge on any atom is 0.251 e. The zero-order valence-corrected chi connectivity index (χ0v) is 12.3. The van der Waals surface area contributed by atoms with Crippen LogP contribution in [-0.4, -0.2) is 4.57 Å². The SMILES string of the molecule is N#Cc1cccc(=O)n1C/C(I)=C/c1cccs1. The summed E-state index contributed by atoms with van der Waals surface area (Å²) in [5.74, 6) is 0.